The molecule has 4 nitrogen and oxygen atoms in total. The number of methoxy groups -OCH3 is 1. The Kier molecular flexibility index (Phi) is 11.6. The Morgan fingerprint density at radius 2 is 1.94 bits per heavy atom. The highest BCUT2D eigenvalue weighted by Gasteiger charge is 2.12. The van der Waals surface area contributed by atoms with E-state index in [1.807, 2.05) is 0 Å². The van der Waals surface area contributed by atoms with Crippen LogP contribution in [-0.4, -0.2) is 37.6 Å². The van der Waals surface area contributed by atoms with Crippen LogP contribution in [0.15, 0.2) is 0 Å². The zero-order valence-corrected chi connectivity index (χ0v) is 11.8. The number of amides is 1. The SMILES string of the molecule is CCCCCCCC(=O)N(CCC#N)CCOC. The fourth-order valence-electron chi connectivity index (χ4n) is 1.79. The minimum atomic E-state index is 0.152. The molecule has 0 unspecified atom stereocenters. The molecular weight excluding hydrogens is 228 g/mol. The van der Waals surface area contributed by atoms with Crippen LogP contribution < -0.4 is 0 Å². The topological polar surface area (TPSA) is 53.3 Å². The largest absolute Gasteiger partial charge is 0.383 e. The van der Waals surface area contributed by atoms with Crippen molar-refractivity contribution >= 4 is 5.91 Å². The van der Waals surface area contributed by atoms with Gasteiger partial charge < -0.3 is 9.64 Å². The van der Waals surface area contributed by atoms with Crippen LogP contribution in [0.25, 0.3) is 0 Å². The van der Waals surface area contributed by atoms with Gasteiger partial charge in [0.25, 0.3) is 0 Å². The van der Waals surface area contributed by atoms with E-state index in [2.05, 4.69) is 13.0 Å². The molecule has 4 heteroatoms. The van der Waals surface area contributed by atoms with Crippen LogP contribution in [0.3, 0.4) is 0 Å². The third-order valence-corrected chi connectivity index (χ3v) is 2.91. The smallest absolute Gasteiger partial charge is 0.222 e. The predicted octanol–water partition coefficient (Wildman–Crippen LogP) is 2.74. The third-order valence-electron chi connectivity index (χ3n) is 2.91. The molecule has 0 bridgehead atoms. The van der Waals surface area contributed by atoms with Gasteiger partial charge >= 0.3 is 0 Å². The van der Waals surface area contributed by atoms with Crippen LogP contribution in [0, 0.1) is 11.3 Å². The molecule has 0 radical (unpaired) electrons. The Morgan fingerprint density at radius 1 is 1.22 bits per heavy atom. The first-order chi connectivity index (χ1) is 8.76. The molecule has 0 N–H and O–H groups in total. The minimum Gasteiger partial charge on any atom is -0.383 e. The monoisotopic (exact) mass is 254 g/mol. The number of unbranched alkanes of at least 4 members (excludes halogenated alkanes) is 4. The molecule has 0 rings (SSSR count). The van der Waals surface area contributed by atoms with E-state index in [4.69, 9.17) is 10.00 Å². The number of hydrogen-bond acceptors (Lipinski definition) is 3. The van der Waals surface area contributed by atoms with Gasteiger partial charge in [0.2, 0.25) is 5.91 Å². The van der Waals surface area contributed by atoms with Crippen molar-refractivity contribution in [2.45, 2.75) is 51.9 Å². The maximum absolute atomic E-state index is 11.9. The molecule has 0 heterocycles. The van der Waals surface area contributed by atoms with Crippen molar-refractivity contribution < 1.29 is 9.53 Å². The van der Waals surface area contributed by atoms with Gasteiger partial charge in [-0.1, -0.05) is 32.6 Å². The average Bonchev–Trinajstić information content (AvgIpc) is 2.38. The van der Waals surface area contributed by atoms with Crippen molar-refractivity contribution in [2.75, 3.05) is 26.8 Å². The van der Waals surface area contributed by atoms with Crippen molar-refractivity contribution in [2.24, 2.45) is 0 Å². The molecule has 104 valence electrons. The van der Waals surface area contributed by atoms with E-state index in [1.165, 1.54) is 19.3 Å². The van der Waals surface area contributed by atoms with E-state index < -0.39 is 0 Å². The molecule has 0 saturated heterocycles. The number of carbonyl (C=O) groups is 1. The molecule has 18 heavy (non-hydrogen) atoms. The summed E-state index contributed by atoms with van der Waals surface area (Å²) in [5.41, 5.74) is 0. The summed E-state index contributed by atoms with van der Waals surface area (Å²) in [6.45, 7) is 3.83. The lowest BCUT2D eigenvalue weighted by Crippen LogP contribution is -2.34. The van der Waals surface area contributed by atoms with E-state index in [9.17, 15) is 4.79 Å². The second-order valence-electron chi connectivity index (χ2n) is 4.45. The van der Waals surface area contributed by atoms with Crippen molar-refractivity contribution in [1.82, 2.24) is 4.90 Å². The van der Waals surface area contributed by atoms with Crippen molar-refractivity contribution in [3.05, 3.63) is 0 Å². The van der Waals surface area contributed by atoms with Gasteiger partial charge in [0.05, 0.1) is 19.1 Å². The first-order valence-electron chi connectivity index (χ1n) is 6.89. The molecule has 0 aromatic rings. The Morgan fingerprint density at radius 3 is 2.56 bits per heavy atom. The summed E-state index contributed by atoms with van der Waals surface area (Å²) in [5, 5.41) is 8.58. The predicted molar refractivity (Wildman–Crippen MR) is 72.1 cm³/mol. The van der Waals surface area contributed by atoms with Crippen LogP contribution in [0.1, 0.15) is 51.9 Å². The van der Waals surface area contributed by atoms with Gasteiger partial charge in [0.15, 0.2) is 0 Å². The molecule has 0 saturated carbocycles. The van der Waals surface area contributed by atoms with Crippen molar-refractivity contribution in [3.8, 4) is 6.07 Å². The van der Waals surface area contributed by atoms with Gasteiger partial charge in [-0.05, 0) is 6.42 Å². The fourth-order valence-corrected chi connectivity index (χ4v) is 1.79. The third kappa shape index (κ3) is 9.00. The maximum atomic E-state index is 11.9. The molecule has 0 aliphatic carbocycles. The average molecular weight is 254 g/mol. The highest BCUT2D eigenvalue weighted by Crippen LogP contribution is 2.07. The van der Waals surface area contributed by atoms with Gasteiger partial charge in [-0.3, -0.25) is 4.79 Å². The summed E-state index contributed by atoms with van der Waals surface area (Å²) in [6, 6.07) is 2.08. The Balaban J connectivity index is 3.85. The van der Waals surface area contributed by atoms with Gasteiger partial charge in [-0.15, -0.1) is 0 Å². The van der Waals surface area contributed by atoms with Gasteiger partial charge in [0.1, 0.15) is 0 Å². The van der Waals surface area contributed by atoms with Gasteiger partial charge in [-0.25, -0.2) is 0 Å². The van der Waals surface area contributed by atoms with E-state index in [1.54, 1.807) is 12.0 Å². The van der Waals surface area contributed by atoms with E-state index >= 15 is 0 Å². The molecule has 0 aliphatic rings. The van der Waals surface area contributed by atoms with Crippen LogP contribution in [0.2, 0.25) is 0 Å². The normalized spacial score (nSPS) is 10.1. The number of nitriles is 1. The highest BCUT2D eigenvalue weighted by molar-refractivity contribution is 5.76. The quantitative estimate of drug-likeness (QED) is 0.533. The van der Waals surface area contributed by atoms with Crippen LogP contribution in [0.5, 0.6) is 0 Å². The molecule has 0 aromatic heterocycles. The molecule has 1 amide bonds. The second kappa shape index (κ2) is 12.4. The molecular formula is C14H26N2O2. The summed E-state index contributed by atoms with van der Waals surface area (Å²) in [4.78, 5) is 13.7. The molecule has 0 aliphatic heterocycles. The lowest BCUT2D eigenvalue weighted by Gasteiger charge is -2.21. The first-order valence-corrected chi connectivity index (χ1v) is 6.89. The molecule has 0 atom stereocenters. The Hall–Kier alpha value is -1.08. The molecule has 0 aromatic carbocycles. The summed E-state index contributed by atoms with van der Waals surface area (Å²) in [6.07, 6.45) is 6.74. The standard InChI is InChI=1S/C14H26N2O2/c1-3-4-5-6-7-9-14(17)16(11-8-10-15)12-13-18-2/h3-9,11-13H2,1-2H3. The van der Waals surface area contributed by atoms with Gasteiger partial charge in [0, 0.05) is 26.6 Å². The lowest BCUT2D eigenvalue weighted by atomic mass is 10.1. The zero-order valence-electron chi connectivity index (χ0n) is 11.8. The van der Waals surface area contributed by atoms with Crippen LogP contribution in [-0.2, 0) is 9.53 Å². The van der Waals surface area contributed by atoms with Crippen LogP contribution >= 0.6 is 0 Å². The Bertz CT molecular complexity index is 249. The highest BCUT2D eigenvalue weighted by atomic mass is 16.5. The summed E-state index contributed by atoms with van der Waals surface area (Å²) >= 11 is 0. The van der Waals surface area contributed by atoms with Crippen molar-refractivity contribution in [3.63, 3.8) is 0 Å². The number of rotatable bonds is 11. The minimum absolute atomic E-state index is 0.152. The number of hydrogen-bond donors (Lipinski definition) is 0. The zero-order chi connectivity index (χ0) is 13.6. The molecule has 0 spiro atoms. The summed E-state index contributed by atoms with van der Waals surface area (Å²) in [7, 11) is 1.62. The second-order valence-corrected chi connectivity index (χ2v) is 4.45. The summed E-state index contributed by atoms with van der Waals surface area (Å²) in [5.74, 6) is 0.152. The van der Waals surface area contributed by atoms with Gasteiger partial charge in [-0.2, -0.15) is 5.26 Å². The van der Waals surface area contributed by atoms with Crippen molar-refractivity contribution in [1.29, 1.82) is 5.26 Å². The van der Waals surface area contributed by atoms with E-state index in [-0.39, 0.29) is 5.91 Å². The fraction of sp³-hybridized carbons (Fsp3) is 0.857. The summed E-state index contributed by atoms with van der Waals surface area (Å²) < 4.78 is 4.98. The molecule has 0 fully saturated rings. The first kappa shape index (κ1) is 16.9. The Labute approximate surface area is 111 Å². The number of nitrogens with zero attached hydrogens (tertiary/aromatic N) is 2. The maximum Gasteiger partial charge on any atom is 0.222 e. The number of carbonyl (C=O) groups excluding carboxylic acids is 1. The van der Waals surface area contributed by atoms with E-state index in [0.717, 1.165) is 12.8 Å². The van der Waals surface area contributed by atoms with Crippen LogP contribution in [0.4, 0.5) is 0 Å². The lowest BCUT2D eigenvalue weighted by molar-refractivity contribution is -0.131. The van der Waals surface area contributed by atoms with E-state index in [0.29, 0.717) is 32.5 Å². The number of ether oxygens (including phenoxy) is 1.